The third kappa shape index (κ3) is 3.52. The zero-order valence-electron chi connectivity index (χ0n) is 15.2. The molecule has 0 unspecified atom stereocenters. The second kappa shape index (κ2) is 7.36. The van der Waals surface area contributed by atoms with Gasteiger partial charge in [-0.2, -0.15) is 4.31 Å². The molecular weight excluding hydrogens is 383 g/mol. The van der Waals surface area contributed by atoms with Crippen LogP contribution in [0.5, 0.6) is 0 Å². The Balaban J connectivity index is 1.49. The quantitative estimate of drug-likeness (QED) is 0.662. The molecule has 8 nitrogen and oxygen atoms in total. The monoisotopic (exact) mass is 402 g/mol. The van der Waals surface area contributed by atoms with Crippen molar-refractivity contribution in [2.24, 2.45) is 7.05 Å². The first kappa shape index (κ1) is 18.6. The number of aromatic nitrogens is 5. The Morgan fingerprint density at radius 1 is 1.11 bits per heavy atom. The Kier molecular flexibility index (Phi) is 4.90. The maximum Gasteiger partial charge on any atom is 0.261 e. The Bertz CT molecular complexity index is 1080. The van der Waals surface area contributed by atoms with Gasteiger partial charge in [0.2, 0.25) is 0 Å². The summed E-state index contributed by atoms with van der Waals surface area (Å²) in [5, 5.41) is 7.44. The molecule has 1 aliphatic rings. The molecule has 1 aromatic carbocycles. The summed E-state index contributed by atoms with van der Waals surface area (Å²) in [7, 11) is -2.06. The van der Waals surface area contributed by atoms with E-state index in [1.165, 1.54) is 27.3 Å². The highest BCUT2D eigenvalue weighted by atomic mass is 32.2. The van der Waals surface area contributed by atoms with Gasteiger partial charge < -0.3 is 0 Å². The molecule has 4 rings (SSSR count). The van der Waals surface area contributed by atoms with Gasteiger partial charge in [-0.1, -0.05) is 5.21 Å². The minimum atomic E-state index is -3.62. The van der Waals surface area contributed by atoms with E-state index in [0.29, 0.717) is 31.8 Å². The van der Waals surface area contributed by atoms with E-state index >= 15 is 0 Å². The fraction of sp³-hybridized carbons (Fsp3) is 0.333. The van der Waals surface area contributed by atoms with Crippen molar-refractivity contribution >= 4 is 10.0 Å². The van der Waals surface area contributed by atoms with Crippen molar-refractivity contribution in [2.45, 2.75) is 23.8 Å². The lowest BCUT2D eigenvalue weighted by Gasteiger charge is -2.30. The highest BCUT2D eigenvalue weighted by Crippen LogP contribution is 2.29. The van der Waals surface area contributed by atoms with Crippen molar-refractivity contribution in [2.75, 3.05) is 13.1 Å². The summed E-state index contributed by atoms with van der Waals surface area (Å²) < 4.78 is 41.3. The van der Waals surface area contributed by atoms with E-state index in [2.05, 4.69) is 20.3 Å². The van der Waals surface area contributed by atoms with Crippen LogP contribution in [0.25, 0.3) is 11.3 Å². The van der Waals surface area contributed by atoms with Gasteiger partial charge in [0.25, 0.3) is 10.0 Å². The highest BCUT2D eigenvalue weighted by molar-refractivity contribution is 7.89. The van der Waals surface area contributed by atoms with Gasteiger partial charge in [0, 0.05) is 37.8 Å². The minimum absolute atomic E-state index is 0.0662. The normalized spacial score (nSPS) is 16.4. The first-order chi connectivity index (χ1) is 13.4. The summed E-state index contributed by atoms with van der Waals surface area (Å²) in [6.07, 6.45) is 4.19. The summed E-state index contributed by atoms with van der Waals surface area (Å²) in [5.74, 6) is 0.452. The average molecular weight is 402 g/mol. The second-order valence-electron chi connectivity index (χ2n) is 6.68. The number of nitrogens with zero attached hydrogens (tertiary/aromatic N) is 6. The topological polar surface area (TPSA) is 93.9 Å². The maximum atomic E-state index is 13.1. The molecule has 0 bridgehead atoms. The fourth-order valence-corrected chi connectivity index (χ4v) is 4.86. The van der Waals surface area contributed by atoms with Crippen LogP contribution < -0.4 is 0 Å². The Labute approximate surface area is 162 Å². The van der Waals surface area contributed by atoms with Crippen LogP contribution in [0.3, 0.4) is 0 Å². The SMILES string of the molecule is Cn1nncc1S(=O)(=O)N1CCC(c2nccc(-c3ccc(F)cc3)n2)CC1. The third-order valence-electron chi connectivity index (χ3n) is 4.91. The summed E-state index contributed by atoms with van der Waals surface area (Å²) in [5.41, 5.74) is 1.54. The summed E-state index contributed by atoms with van der Waals surface area (Å²) in [6, 6.07) is 7.93. The zero-order chi connectivity index (χ0) is 19.7. The molecule has 0 radical (unpaired) electrons. The number of piperidine rings is 1. The summed E-state index contributed by atoms with van der Waals surface area (Å²) in [4.78, 5) is 9.00. The fourth-order valence-electron chi connectivity index (χ4n) is 3.35. The first-order valence-electron chi connectivity index (χ1n) is 8.89. The minimum Gasteiger partial charge on any atom is -0.241 e. The lowest BCUT2D eigenvalue weighted by atomic mass is 9.97. The number of rotatable bonds is 4. The largest absolute Gasteiger partial charge is 0.261 e. The maximum absolute atomic E-state index is 13.1. The van der Waals surface area contributed by atoms with Crippen LogP contribution in [0.1, 0.15) is 24.6 Å². The number of hydrogen-bond donors (Lipinski definition) is 0. The van der Waals surface area contributed by atoms with Crippen molar-refractivity contribution in [3.63, 3.8) is 0 Å². The van der Waals surface area contributed by atoms with E-state index in [9.17, 15) is 12.8 Å². The van der Waals surface area contributed by atoms with E-state index in [4.69, 9.17) is 0 Å². The van der Waals surface area contributed by atoms with Crippen molar-refractivity contribution in [3.05, 3.63) is 54.4 Å². The predicted octanol–water partition coefficient (Wildman–Crippen LogP) is 1.98. The number of hydrogen-bond acceptors (Lipinski definition) is 6. The average Bonchev–Trinajstić information content (AvgIpc) is 3.16. The molecule has 146 valence electrons. The molecule has 0 spiro atoms. The number of sulfonamides is 1. The lowest BCUT2D eigenvalue weighted by Crippen LogP contribution is -2.39. The number of halogens is 1. The molecule has 0 atom stereocenters. The van der Waals surface area contributed by atoms with Gasteiger partial charge in [-0.3, -0.25) is 0 Å². The lowest BCUT2D eigenvalue weighted by molar-refractivity contribution is 0.311. The third-order valence-corrected chi connectivity index (χ3v) is 6.85. The molecule has 0 saturated carbocycles. The molecule has 10 heteroatoms. The summed E-state index contributed by atoms with van der Waals surface area (Å²) in [6.45, 7) is 0.755. The smallest absolute Gasteiger partial charge is 0.241 e. The molecule has 0 amide bonds. The number of benzene rings is 1. The van der Waals surface area contributed by atoms with Crippen LogP contribution in [-0.2, 0) is 17.1 Å². The van der Waals surface area contributed by atoms with Gasteiger partial charge in [-0.05, 0) is 43.2 Å². The Morgan fingerprint density at radius 3 is 2.46 bits per heavy atom. The van der Waals surface area contributed by atoms with Crippen LogP contribution in [0.15, 0.2) is 47.8 Å². The zero-order valence-corrected chi connectivity index (χ0v) is 16.0. The van der Waals surface area contributed by atoms with Gasteiger partial charge in [0.05, 0.1) is 11.9 Å². The van der Waals surface area contributed by atoms with E-state index in [0.717, 1.165) is 11.3 Å². The molecule has 0 N–H and O–H groups in total. The van der Waals surface area contributed by atoms with Crippen molar-refractivity contribution in [1.29, 1.82) is 0 Å². The standard InChI is InChI=1S/C18H19FN6O2S/c1-24-17(12-21-23-24)28(26,27)25-10-7-14(8-11-25)18-20-9-6-16(22-18)13-2-4-15(19)5-3-13/h2-6,9,12,14H,7-8,10-11H2,1H3. The Hall–Kier alpha value is -2.72. The van der Waals surface area contributed by atoms with E-state index < -0.39 is 10.0 Å². The summed E-state index contributed by atoms with van der Waals surface area (Å²) >= 11 is 0. The van der Waals surface area contributed by atoms with Crippen LogP contribution in [0.2, 0.25) is 0 Å². The molecule has 1 aliphatic heterocycles. The van der Waals surface area contributed by atoms with Gasteiger partial charge >= 0.3 is 0 Å². The van der Waals surface area contributed by atoms with Crippen molar-refractivity contribution < 1.29 is 12.8 Å². The first-order valence-corrected chi connectivity index (χ1v) is 10.3. The van der Waals surface area contributed by atoms with E-state index in [1.54, 1.807) is 31.4 Å². The van der Waals surface area contributed by atoms with Gasteiger partial charge in [0.1, 0.15) is 11.6 Å². The molecular formula is C18H19FN6O2S. The van der Waals surface area contributed by atoms with Gasteiger partial charge in [-0.15, -0.1) is 5.10 Å². The molecule has 28 heavy (non-hydrogen) atoms. The highest BCUT2D eigenvalue weighted by Gasteiger charge is 2.33. The molecule has 2 aromatic heterocycles. The van der Waals surface area contributed by atoms with Gasteiger partial charge in [0.15, 0.2) is 5.03 Å². The van der Waals surface area contributed by atoms with Crippen LogP contribution >= 0.6 is 0 Å². The predicted molar refractivity (Wildman–Crippen MR) is 99.2 cm³/mol. The van der Waals surface area contributed by atoms with Gasteiger partial charge in [-0.25, -0.2) is 27.5 Å². The molecule has 0 aliphatic carbocycles. The van der Waals surface area contributed by atoms with Crippen LogP contribution in [0.4, 0.5) is 4.39 Å². The molecule has 1 fully saturated rings. The second-order valence-corrected chi connectivity index (χ2v) is 8.57. The van der Waals surface area contributed by atoms with E-state index in [1.807, 2.05) is 0 Å². The van der Waals surface area contributed by atoms with E-state index in [-0.39, 0.29) is 16.8 Å². The van der Waals surface area contributed by atoms with Crippen molar-refractivity contribution in [1.82, 2.24) is 29.3 Å². The number of aryl methyl sites for hydroxylation is 1. The molecule has 3 aromatic rings. The Morgan fingerprint density at radius 2 is 1.82 bits per heavy atom. The van der Waals surface area contributed by atoms with Crippen LogP contribution in [-0.4, -0.2) is 50.8 Å². The van der Waals surface area contributed by atoms with Crippen molar-refractivity contribution in [3.8, 4) is 11.3 Å². The molecule has 1 saturated heterocycles. The molecule has 3 heterocycles. The van der Waals surface area contributed by atoms with Crippen LogP contribution in [0, 0.1) is 5.82 Å².